The molecule has 1 aromatic heterocycles. The molecule has 0 fully saturated rings. The lowest BCUT2D eigenvalue weighted by atomic mass is 10.1. The van der Waals surface area contributed by atoms with Crippen molar-refractivity contribution < 1.29 is 27.8 Å². The molecule has 0 bridgehead atoms. The van der Waals surface area contributed by atoms with Crippen LogP contribution in [0.25, 0.3) is 0 Å². The Morgan fingerprint density at radius 3 is 2.46 bits per heavy atom. The molecular formula is C17H12ClF3N4O3. The van der Waals surface area contributed by atoms with Crippen LogP contribution in [0.5, 0.6) is 5.75 Å². The maximum absolute atomic E-state index is 12.3. The molecule has 0 spiro atoms. The summed E-state index contributed by atoms with van der Waals surface area (Å²) in [5.74, 6) is -1.20. The first-order valence-corrected chi connectivity index (χ1v) is 8.11. The van der Waals surface area contributed by atoms with Crippen molar-refractivity contribution in [3.63, 3.8) is 0 Å². The highest BCUT2D eigenvalue weighted by molar-refractivity contribution is 6.33. The molecule has 0 aliphatic carbocycles. The number of H-pyrrole nitrogens is 1. The van der Waals surface area contributed by atoms with E-state index in [2.05, 4.69) is 25.2 Å². The lowest BCUT2D eigenvalue weighted by Crippen LogP contribution is -2.17. The van der Waals surface area contributed by atoms with Gasteiger partial charge in [-0.1, -0.05) is 23.7 Å². The van der Waals surface area contributed by atoms with Crippen LogP contribution in [-0.4, -0.2) is 32.6 Å². The number of aromatic nitrogens is 3. The molecule has 11 heteroatoms. The Kier molecular flexibility index (Phi) is 5.41. The molecule has 7 nitrogen and oxygen atoms in total. The fourth-order valence-electron chi connectivity index (χ4n) is 2.46. The standard InChI is InChI=1S/C17H12ClF3N4O3/c18-13-7-10(3-6-12(13)16(26)27)24-14(15-22-8-23-25-15)9-1-4-11(5-2-9)28-17(19,20)21/h1-8,14,24H,(H,26,27)(H,22,23,25). The summed E-state index contributed by atoms with van der Waals surface area (Å²) >= 11 is 5.98. The number of nitrogens with one attached hydrogen (secondary N) is 2. The van der Waals surface area contributed by atoms with E-state index in [9.17, 15) is 18.0 Å². The minimum atomic E-state index is -4.79. The first-order chi connectivity index (χ1) is 13.2. The third kappa shape index (κ3) is 4.71. The molecule has 28 heavy (non-hydrogen) atoms. The van der Waals surface area contributed by atoms with Crippen molar-refractivity contribution in [2.24, 2.45) is 0 Å². The van der Waals surface area contributed by atoms with E-state index in [4.69, 9.17) is 16.7 Å². The first-order valence-electron chi connectivity index (χ1n) is 7.74. The van der Waals surface area contributed by atoms with Gasteiger partial charge in [-0.3, -0.25) is 5.10 Å². The largest absolute Gasteiger partial charge is 0.573 e. The molecule has 2 aromatic carbocycles. The number of halogens is 4. The van der Waals surface area contributed by atoms with Crippen LogP contribution >= 0.6 is 11.6 Å². The number of hydrogen-bond donors (Lipinski definition) is 3. The minimum Gasteiger partial charge on any atom is -0.478 e. The van der Waals surface area contributed by atoms with E-state index >= 15 is 0 Å². The summed E-state index contributed by atoms with van der Waals surface area (Å²) in [6.07, 6.45) is -3.43. The Morgan fingerprint density at radius 2 is 1.93 bits per heavy atom. The number of aromatic amines is 1. The summed E-state index contributed by atoms with van der Waals surface area (Å²) in [6.45, 7) is 0. The molecule has 1 atom stereocenters. The van der Waals surface area contributed by atoms with E-state index in [0.717, 1.165) is 0 Å². The highest BCUT2D eigenvalue weighted by Gasteiger charge is 2.31. The molecule has 1 heterocycles. The Labute approximate surface area is 161 Å². The van der Waals surface area contributed by atoms with Crippen LogP contribution in [0, 0.1) is 0 Å². The van der Waals surface area contributed by atoms with Gasteiger partial charge in [0, 0.05) is 5.69 Å². The summed E-state index contributed by atoms with van der Waals surface area (Å²) in [4.78, 5) is 15.1. The summed E-state index contributed by atoms with van der Waals surface area (Å²) in [5.41, 5.74) is 0.961. The van der Waals surface area contributed by atoms with E-state index in [1.54, 1.807) is 0 Å². The molecule has 0 saturated heterocycles. The van der Waals surface area contributed by atoms with E-state index in [-0.39, 0.29) is 16.3 Å². The number of carboxylic acids is 1. The van der Waals surface area contributed by atoms with Crippen molar-refractivity contribution >= 4 is 23.3 Å². The number of carbonyl (C=O) groups is 1. The van der Waals surface area contributed by atoms with Crippen molar-refractivity contribution in [2.45, 2.75) is 12.4 Å². The average Bonchev–Trinajstić information content (AvgIpc) is 3.13. The van der Waals surface area contributed by atoms with Crippen molar-refractivity contribution in [3.8, 4) is 5.75 Å². The van der Waals surface area contributed by atoms with Crippen LogP contribution in [0.15, 0.2) is 48.8 Å². The van der Waals surface area contributed by atoms with Gasteiger partial charge in [0.1, 0.15) is 18.1 Å². The van der Waals surface area contributed by atoms with Gasteiger partial charge in [-0.15, -0.1) is 13.2 Å². The van der Waals surface area contributed by atoms with Crippen molar-refractivity contribution in [1.29, 1.82) is 0 Å². The maximum Gasteiger partial charge on any atom is 0.573 e. The van der Waals surface area contributed by atoms with Crippen LogP contribution in [0.4, 0.5) is 18.9 Å². The molecule has 0 amide bonds. The van der Waals surface area contributed by atoms with Gasteiger partial charge >= 0.3 is 12.3 Å². The zero-order valence-electron chi connectivity index (χ0n) is 13.9. The van der Waals surface area contributed by atoms with E-state index < -0.39 is 18.4 Å². The Balaban J connectivity index is 1.89. The number of benzene rings is 2. The quantitative estimate of drug-likeness (QED) is 0.559. The number of aromatic carboxylic acids is 1. The smallest absolute Gasteiger partial charge is 0.478 e. The predicted molar refractivity (Wildman–Crippen MR) is 93.4 cm³/mol. The lowest BCUT2D eigenvalue weighted by Gasteiger charge is -2.19. The molecule has 3 N–H and O–H groups in total. The van der Waals surface area contributed by atoms with Gasteiger partial charge in [0.2, 0.25) is 0 Å². The zero-order chi connectivity index (χ0) is 20.3. The number of alkyl halides is 3. The van der Waals surface area contributed by atoms with Gasteiger partial charge in [0.25, 0.3) is 0 Å². The van der Waals surface area contributed by atoms with E-state index in [0.29, 0.717) is 17.1 Å². The van der Waals surface area contributed by atoms with Crippen molar-refractivity contribution in [2.75, 3.05) is 5.32 Å². The molecule has 0 saturated carbocycles. The number of rotatable bonds is 6. The van der Waals surface area contributed by atoms with Gasteiger partial charge in [0.15, 0.2) is 5.82 Å². The second kappa shape index (κ2) is 7.77. The maximum atomic E-state index is 12.3. The third-order valence-corrected chi connectivity index (χ3v) is 3.96. The third-order valence-electron chi connectivity index (χ3n) is 3.65. The SMILES string of the molecule is O=C(O)c1ccc(NC(c2ccc(OC(F)(F)F)cc2)c2nc[nH]n2)cc1Cl. The number of anilines is 1. The van der Waals surface area contributed by atoms with Gasteiger partial charge in [0.05, 0.1) is 10.6 Å². The van der Waals surface area contributed by atoms with Crippen LogP contribution in [0.3, 0.4) is 0 Å². The molecule has 3 rings (SSSR count). The van der Waals surface area contributed by atoms with Gasteiger partial charge in [-0.2, -0.15) is 5.10 Å². The predicted octanol–water partition coefficient (Wildman–Crippen LogP) is 4.26. The number of nitrogens with zero attached hydrogens (tertiary/aromatic N) is 2. The van der Waals surface area contributed by atoms with Crippen LogP contribution < -0.4 is 10.1 Å². The van der Waals surface area contributed by atoms with Crippen molar-refractivity contribution in [3.05, 3.63) is 70.8 Å². The zero-order valence-corrected chi connectivity index (χ0v) is 14.6. The first kappa shape index (κ1) is 19.5. The Bertz CT molecular complexity index is 963. The topological polar surface area (TPSA) is 100 Å². The summed E-state index contributed by atoms with van der Waals surface area (Å²) in [6, 6.07) is 8.84. The normalized spacial score (nSPS) is 12.4. The van der Waals surface area contributed by atoms with E-state index in [1.807, 2.05) is 0 Å². The fraction of sp³-hybridized carbons (Fsp3) is 0.118. The minimum absolute atomic E-state index is 0.0279. The highest BCUT2D eigenvalue weighted by Crippen LogP contribution is 2.29. The van der Waals surface area contributed by atoms with Gasteiger partial charge in [-0.25, -0.2) is 9.78 Å². The summed E-state index contributed by atoms with van der Waals surface area (Å²) in [7, 11) is 0. The highest BCUT2D eigenvalue weighted by atomic mass is 35.5. The number of hydrogen-bond acceptors (Lipinski definition) is 5. The fourth-order valence-corrected chi connectivity index (χ4v) is 2.72. The molecule has 1 unspecified atom stereocenters. The molecule has 3 aromatic rings. The second-order valence-corrected chi connectivity index (χ2v) is 5.96. The molecule has 0 aliphatic rings. The summed E-state index contributed by atoms with van der Waals surface area (Å²) < 4.78 is 40.8. The molecule has 0 aliphatic heterocycles. The van der Waals surface area contributed by atoms with Crippen LogP contribution in [0.2, 0.25) is 5.02 Å². The molecular weight excluding hydrogens is 401 g/mol. The van der Waals surface area contributed by atoms with Crippen LogP contribution in [-0.2, 0) is 0 Å². The monoisotopic (exact) mass is 412 g/mol. The number of carboxylic acid groups (broad SMARTS) is 1. The van der Waals surface area contributed by atoms with Gasteiger partial charge in [-0.05, 0) is 35.9 Å². The Morgan fingerprint density at radius 1 is 1.21 bits per heavy atom. The lowest BCUT2D eigenvalue weighted by molar-refractivity contribution is -0.274. The Hall–Kier alpha value is -3.27. The van der Waals surface area contributed by atoms with Crippen molar-refractivity contribution in [1.82, 2.24) is 15.2 Å². The van der Waals surface area contributed by atoms with Crippen LogP contribution in [0.1, 0.15) is 27.8 Å². The number of ether oxygens (including phenoxy) is 1. The molecule has 146 valence electrons. The van der Waals surface area contributed by atoms with E-state index in [1.165, 1.54) is 48.8 Å². The average molecular weight is 413 g/mol. The van der Waals surface area contributed by atoms with Gasteiger partial charge < -0.3 is 15.2 Å². The second-order valence-electron chi connectivity index (χ2n) is 5.55. The molecule has 0 radical (unpaired) electrons. The summed E-state index contributed by atoms with van der Waals surface area (Å²) in [5, 5.41) is 18.7.